The van der Waals surface area contributed by atoms with E-state index in [1.54, 1.807) is 20.9 Å². The monoisotopic (exact) mass is 379 g/mol. The number of anilines is 2. The Morgan fingerprint density at radius 1 is 1.11 bits per heavy atom. The van der Waals surface area contributed by atoms with E-state index in [-0.39, 0.29) is 17.9 Å². The lowest BCUT2D eigenvalue weighted by Crippen LogP contribution is -2.20. The lowest BCUT2D eigenvalue weighted by Gasteiger charge is -2.23. The fourth-order valence-corrected chi connectivity index (χ4v) is 3.43. The molecule has 1 saturated carbocycles. The molecule has 0 N–H and O–H groups in total. The molecule has 146 valence electrons. The normalized spacial score (nSPS) is 15.4. The first kappa shape index (κ1) is 19.5. The molecule has 0 saturated heterocycles. The first-order chi connectivity index (χ1) is 12.8. The second kappa shape index (κ2) is 7.74. The summed E-state index contributed by atoms with van der Waals surface area (Å²) in [5, 5.41) is 0. The maximum atomic E-state index is 13.4. The molecule has 4 nitrogen and oxygen atoms in total. The number of nitrogens with zero attached hydrogens (tertiary/aromatic N) is 3. The van der Waals surface area contributed by atoms with Gasteiger partial charge in [0, 0.05) is 18.9 Å². The van der Waals surface area contributed by atoms with Crippen molar-refractivity contribution in [3.05, 3.63) is 41.6 Å². The molecule has 0 radical (unpaired) electrons. The third kappa shape index (κ3) is 4.51. The molecule has 0 spiro atoms. The van der Waals surface area contributed by atoms with Crippen LogP contribution in [0.25, 0.3) is 0 Å². The lowest BCUT2D eigenvalue weighted by atomic mass is 9.97. The number of hydrogen-bond donors (Lipinski definition) is 0. The number of rotatable bonds is 5. The van der Waals surface area contributed by atoms with E-state index >= 15 is 0 Å². The maximum Gasteiger partial charge on any atom is 0.421 e. The van der Waals surface area contributed by atoms with Crippen LogP contribution in [0, 0.1) is 0 Å². The molecule has 1 aliphatic carbocycles. The number of aromatic nitrogens is 2. The molecule has 2 aromatic rings. The number of benzene rings is 1. The van der Waals surface area contributed by atoms with Crippen molar-refractivity contribution in [3.63, 3.8) is 0 Å². The van der Waals surface area contributed by atoms with Gasteiger partial charge in [-0.3, -0.25) is 0 Å². The molecule has 27 heavy (non-hydrogen) atoms. The zero-order valence-corrected chi connectivity index (χ0v) is 15.8. The van der Waals surface area contributed by atoms with Crippen molar-refractivity contribution in [2.24, 2.45) is 0 Å². The zero-order valence-electron chi connectivity index (χ0n) is 15.8. The van der Waals surface area contributed by atoms with Crippen molar-refractivity contribution in [3.8, 4) is 6.01 Å². The Morgan fingerprint density at radius 2 is 1.74 bits per heavy atom. The van der Waals surface area contributed by atoms with Crippen LogP contribution in [-0.4, -0.2) is 23.1 Å². The van der Waals surface area contributed by atoms with Crippen molar-refractivity contribution in [1.82, 2.24) is 9.97 Å². The standard InChI is InChI=1S/C20H24F3N3O/c1-13(2)27-19-24-12-17(20(21,22)23)18(25-19)26(3)16-10-8-15(9-11-16)14-6-4-5-7-14/h8-14H,4-7H2,1-3H3. The van der Waals surface area contributed by atoms with E-state index in [4.69, 9.17) is 4.74 Å². The predicted octanol–water partition coefficient (Wildman–Crippen LogP) is 5.71. The highest BCUT2D eigenvalue weighted by Crippen LogP contribution is 2.39. The van der Waals surface area contributed by atoms with Crippen molar-refractivity contribution in [1.29, 1.82) is 0 Å². The summed E-state index contributed by atoms with van der Waals surface area (Å²) in [6.45, 7) is 3.54. The largest absolute Gasteiger partial charge is 0.461 e. The van der Waals surface area contributed by atoms with Crippen LogP contribution in [0.3, 0.4) is 0 Å². The van der Waals surface area contributed by atoms with Crippen LogP contribution in [0.1, 0.15) is 56.6 Å². The number of ether oxygens (including phenoxy) is 1. The van der Waals surface area contributed by atoms with Crippen molar-refractivity contribution >= 4 is 11.5 Å². The van der Waals surface area contributed by atoms with Gasteiger partial charge in [-0.15, -0.1) is 0 Å². The summed E-state index contributed by atoms with van der Waals surface area (Å²) in [6.07, 6.45) is 0.824. The number of hydrogen-bond acceptors (Lipinski definition) is 4. The van der Waals surface area contributed by atoms with Gasteiger partial charge < -0.3 is 9.64 Å². The molecule has 7 heteroatoms. The van der Waals surface area contributed by atoms with Gasteiger partial charge in [0.05, 0.1) is 6.10 Å². The minimum atomic E-state index is -4.55. The summed E-state index contributed by atoms with van der Waals surface area (Å²) in [5.41, 5.74) is 0.990. The van der Waals surface area contributed by atoms with Gasteiger partial charge in [-0.2, -0.15) is 18.2 Å². The maximum absolute atomic E-state index is 13.4. The van der Waals surface area contributed by atoms with Crippen LogP contribution >= 0.6 is 0 Å². The summed E-state index contributed by atoms with van der Waals surface area (Å²) in [6, 6.07) is 7.63. The average Bonchev–Trinajstić information content (AvgIpc) is 3.14. The van der Waals surface area contributed by atoms with E-state index in [1.165, 1.54) is 36.1 Å². The second-order valence-corrected chi connectivity index (χ2v) is 7.19. The minimum Gasteiger partial charge on any atom is -0.461 e. The summed E-state index contributed by atoms with van der Waals surface area (Å²) < 4.78 is 45.7. The van der Waals surface area contributed by atoms with Gasteiger partial charge >= 0.3 is 12.2 Å². The highest BCUT2D eigenvalue weighted by atomic mass is 19.4. The Kier molecular flexibility index (Phi) is 5.58. The minimum absolute atomic E-state index is 0.0672. The molecule has 0 aliphatic heterocycles. The van der Waals surface area contributed by atoms with E-state index in [2.05, 4.69) is 9.97 Å². The van der Waals surface area contributed by atoms with E-state index < -0.39 is 11.7 Å². The van der Waals surface area contributed by atoms with Crippen molar-refractivity contribution in [2.75, 3.05) is 11.9 Å². The lowest BCUT2D eigenvalue weighted by molar-refractivity contribution is -0.137. The molecule has 3 rings (SSSR count). The third-order valence-electron chi connectivity index (χ3n) is 4.82. The zero-order chi connectivity index (χ0) is 19.6. The van der Waals surface area contributed by atoms with Crippen molar-refractivity contribution < 1.29 is 17.9 Å². The van der Waals surface area contributed by atoms with Crippen LogP contribution in [0.5, 0.6) is 6.01 Å². The number of alkyl halides is 3. The fraction of sp³-hybridized carbons (Fsp3) is 0.500. The smallest absolute Gasteiger partial charge is 0.421 e. The molecular weight excluding hydrogens is 355 g/mol. The van der Waals surface area contributed by atoms with E-state index in [9.17, 15) is 13.2 Å². The van der Waals surface area contributed by atoms with Crippen LogP contribution in [0.15, 0.2) is 30.5 Å². The highest BCUT2D eigenvalue weighted by molar-refractivity contribution is 5.63. The highest BCUT2D eigenvalue weighted by Gasteiger charge is 2.37. The Hall–Kier alpha value is -2.31. The number of halogens is 3. The molecule has 0 bridgehead atoms. The third-order valence-corrected chi connectivity index (χ3v) is 4.82. The van der Waals surface area contributed by atoms with E-state index in [0.29, 0.717) is 11.6 Å². The van der Waals surface area contributed by atoms with Gasteiger partial charge in [0.15, 0.2) is 5.82 Å². The van der Waals surface area contributed by atoms with E-state index in [0.717, 1.165) is 6.20 Å². The Morgan fingerprint density at radius 3 is 2.30 bits per heavy atom. The van der Waals surface area contributed by atoms with Gasteiger partial charge in [0.1, 0.15) is 5.56 Å². The summed E-state index contributed by atoms with van der Waals surface area (Å²) >= 11 is 0. The van der Waals surface area contributed by atoms with E-state index in [1.807, 2.05) is 24.3 Å². The summed E-state index contributed by atoms with van der Waals surface area (Å²) in [5.74, 6) is 0.335. The summed E-state index contributed by atoms with van der Waals surface area (Å²) in [7, 11) is 1.57. The first-order valence-corrected chi connectivity index (χ1v) is 9.20. The fourth-order valence-electron chi connectivity index (χ4n) is 3.43. The topological polar surface area (TPSA) is 38.2 Å². The van der Waals surface area contributed by atoms with Crippen LogP contribution in [-0.2, 0) is 6.18 Å². The van der Waals surface area contributed by atoms with Crippen LogP contribution < -0.4 is 9.64 Å². The van der Waals surface area contributed by atoms with Crippen LogP contribution in [0.2, 0.25) is 0 Å². The van der Waals surface area contributed by atoms with Gasteiger partial charge in [-0.25, -0.2) is 4.98 Å². The molecule has 1 aliphatic rings. The molecule has 0 amide bonds. The molecule has 1 heterocycles. The Bertz CT molecular complexity index is 769. The van der Waals surface area contributed by atoms with Crippen LogP contribution in [0.4, 0.5) is 24.7 Å². The SMILES string of the molecule is CC(C)Oc1ncc(C(F)(F)F)c(N(C)c2ccc(C3CCCC3)cc2)n1. The van der Waals surface area contributed by atoms with Gasteiger partial charge in [-0.05, 0) is 50.3 Å². The molecule has 0 atom stereocenters. The predicted molar refractivity (Wildman–Crippen MR) is 98.5 cm³/mol. The quantitative estimate of drug-likeness (QED) is 0.667. The molecule has 0 unspecified atom stereocenters. The van der Waals surface area contributed by atoms with Gasteiger partial charge in [0.25, 0.3) is 0 Å². The summed E-state index contributed by atoms with van der Waals surface area (Å²) in [4.78, 5) is 9.16. The molecule has 1 fully saturated rings. The second-order valence-electron chi connectivity index (χ2n) is 7.19. The van der Waals surface area contributed by atoms with Gasteiger partial charge in [-0.1, -0.05) is 25.0 Å². The Labute approximate surface area is 157 Å². The Balaban J connectivity index is 1.92. The van der Waals surface area contributed by atoms with Gasteiger partial charge in [0.2, 0.25) is 0 Å². The van der Waals surface area contributed by atoms with Crippen molar-refractivity contribution in [2.45, 2.75) is 57.7 Å². The average molecular weight is 379 g/mol. The molecular formula is C20H24F3N3O. The molecule has 1 aromatic heterocycles. The first-order valence-electron chi connectivity index (χ1n) is 9.20. The molecule has 1 aromatic carbocycles.